The van der Waals surface area contributed by atoms with Crippen LogP contribution in [-0.4, -0.2) is 23.7 Å². The molecule has 5 nitrogen and oxygen atoms in total. The monoisotopic (exact) mass is 470 g/mol. The molecular weight excluding hydrogens is 444 g/mol. The predicted molar refractivity (Wildman–Crippen MR) is 140 cm³/mol. The number of carbonyl (C=O) groups excluding carboxylic acids is 2. The normalized spacial score (nSPS) is 11.6. The number of hydrogen-bond donors (Lipinski definition) is 2. The lowest BCUT2D eigenvalue weighted by Crippen LogP contribution is -2.22. The number of anilines is 2. The Labute approximate surface area is 203 Å². The van der Waals surface area contributed by atoms with Crippen LogP contribution in [0.5, 0.6) is 5.75 Å². The molecule has 0 aliphatic heterocycles. The first-order valence-electron chi connectivity index (χ1n) is 11.1. The van der Waals surface area contributed by atoms with Gasteiger partial charge in [0.05, 0.1) is 17.5 Å². The number of hydrogen-bond acceptors (Lipinski definition) is 4. The van der Waals surface area contributed by atoms with E-state index in [-0.39, 0.29) is 17.1 Å². The van der Waals surface area contributed by atoms with Gasteiger partial charge in [0.1, 0.15) is 5.75 Å². The molecule has 4 aromatic rings. The van der Waals surface area contributed by atoms with Crippen molar-refractivity contribution in [2.45, 2.75) is 24.0 Å². The highest BCUT2D eigenvalue weighted by atomic mass is 32.2. The number of ether oxygens (including phenoxy) is 1. The third kappa shape index (κ3) is 5.77. The molecule has 0 bridgehead atoms. The number of nitrogens with one attached hydrogen (secondary N) is 2. The Hall–Kier alpha value is -3.77. The van der Waals surface area contributed by atoms with E-state index in [2.05, 4.69) is 10.6 Å². The van der Waals surface area contributed by atoms with Gasteiger partial charge in [-0.3, -0.25) is 9.59 Å². The van der Waals surface area contributed by atoms with Crippen LogP contribution in [0.3, 0.4) is 0 Å². The standard InChI is InChI=1S/C28H26N2O3S/c1-3-33-26-14-7-6-13-25(26)30-27(31)19(2)34-24-12-8-11-23(18-24)29-28(32)22-16-15-20-9-4-5-10-21(20)17-22/h4-19H,3H2,1-2H3,(H,29,32)(H,30,31). The van der Waals surface area contributed by atoms with Crippen LogP contribution < -0.4 is 15.4 Å². The molecule has 2 amide bonds. The van der Waals surface area contributed by atoms with Gasteiger partial charge >= 0.3 is 0 Å². The van der Waals surface area contributed by atoms with Crippen LogP contribution in [0.15, 0.2) is 95.9 Å². The Morgan fingerprint density at radius 1 is 0.853 bits per heavy atom. The summed E-state index contributed by atoms with van der Waals surface area (Å²) in [5.74, 6) is 0.350. The van der Waals surface area contributed by atoms with E-state index < -0.39 is 0 Å². The third-order valence-electron chi connectivity index (χ3n) is 5.23. The number of carbonyl (C=O) groups is 2. The Morgan fingerprint density at radius 2 is 1.62 bits per heavy atom. The minimum Gasteiger partial charge on any atom is -0.492 e. The predicted octanol–water partition coefficient (Wildman–Crippen LogP) is 6.61. The summed E-state index contributed by atoms with van der Waals surface area (Å²) < 4.78 is 5.59. The zero-order valence-electron chi connectivity index (χ0n) is 19.1. The molecule has 4 aromatic carbocycles. The third-order valence-corrected chi connectivity index (χ3v) is 6.32. The van der Waals surface area contributed by atoms with Gasteiger partial charge in [0.15, 0.2) is 0 Å². The molecule has 172 valence electrons. The lowest BCUT2D eigenvalue weighted by atomic mass is 10.1. The zero-order valence-corrected chi connectivity index (χ0v) is 19.9. The van der Waals surface area contributed by atoms with Crippen molar-refractivity contribution in [3.63, 3.8) is 0 Å². The van der Waals surface area contributed by atoms with E-state index >= 15 is 0 Å². The topological polar surface area (TPSA) is 67.4 Å². The molecule has 0 spiro atoms. The maximum atomic E-state index is 12.8. The summed E-state index contributed by atoms with van der Waals surface area (Å²) in [7, 11) is 0. The molecule has 1 atom stereocenters. The second kappa shape index (κ2) is 10.9. The molecule has 0 aliphatic rings. The summed E-state index contributed by atoms with van der Waals surface area (Å²) in [6.07, 6.45) is 0. The molecule has 0 fully saturated rings. The SMILES string of the molecule is CCOc1ccccc1NC(=O)C(C)Sc1cccc(NC(=O)c2ccc3ccccc3c2)c1. The van der Waals surface area contributed by atoms with Gasteiger partial charge in [0.25, 0.3) is 5.91 Å². The molecule has 0 aliphatic carbocycles. The van der Waals surface area contributed by atoms with Gasteiger partial charge < -0.3 is 15.4 Å². The van der Waals surface area contributed by atoms with E-state index in [1.165, 1.54) is 11.8 Å². The summed E-state index contributed by atoms with van der Waals surface area (Å²) >= 11 is 1.42. The van der Waals surface area contributed by atoms with Crippen LogP contribution in [0, 0.1) is 0 Å². The summed E-state index contributed by atoms with van der Waals surface area (Å²) in [6, 6.07) is 28.5. The van der Waals surface area contributed by atoms with Crippen LogP contribution in [0.2, 0.25) is 0 Å². The van der Waals surface area contributed by atoms with E-state index in [1.54, 1.807) is 0 Å². The minimum atomic E-state index is -0.346. The molecule has 0 saturated heterocycles. The van der Waals surface area contributed by atoms with Crippen molar-refractivity contribution >= 4 is 45.7 Å². The molecular formula is C28H26N2O3S. The van der Waals surface area contributed by atoms with Crippen molar-refractivity contribution in [3.05, 3.63) is 96.6 Å². The number of rotatable bonds is 8. The van der Waals surface area contributed by atoms with Gasteiger partial charge in [0.2, 0.25) is 5.91 Å². The Balaban J connectivity index is 1.40. The Kier molecular flexibility index (Phi) is 7.50. The van der Waals surface area contributed by atoms with Crippen molar-refractivity contribution in [1.82, 2.24) is 0 Å². The van der Waals surface area contributed by atoms with Crippen molar-refractivity contribution in [3.8, 4) is 5.75 Å². The molecule has 0 radical (unpaired) electrons. The average molecular weight is 471 g/mol. The smallest absolute Gasteiger partial charge is 0.255 e. The fraction of sp³-hybridized carbons (Fsp3) is 0.143. The van der Waals surface area contributed by atoms with Crippen LogP contribution in [0.4, 0.5) is 11.4 Å². The summed E-state index contributed by atoms with van der Waals surface area (Å²) in [4.78, 5) is 26.5. The first kappa shape index (κ1) is 23.4. The van der Waals surface area contributed by atoms with Crippen molar-refractivity contribution in [2.24, 2.45) is 0 Å². The first-order valence-corrected chi connectivity index (χ1v) is 12.0. The van der Waals surface area contributed by atoms with Crippen LogP contribution >= 0.6 is 11.8 Å². The zero-order chi connectivity index (χ0) is 23.9. The highest BCUT2D eigenvalue weighted by Crippen LogP contribution is 2.29. The van der Waals surface area contributed by atoms with Gasteiger partial charge in [-0.2, -0.15) is 0 Å². The fourth-order valence-electron chi connectivity index (χ4n) is 3.52. The number of para-hydroxylation sites is 2. The van der Waals surface area contributed by atoms with Crippen LogP contribution in [0.25, 0.3) is 10.8 Å². The Bertz CT molecular complexity index is 1320. The molecule has 6 heteroatoms. The van der Waals surface area contributed by atoms with Crippen molar-refractivity contribution in [2.75, 3.05) is 17.2 Å². The molecule has 4 rings (SSSR count). The van der Waals surface area contributed by atoms with Gasteiger partial charge in [-0.1, -0.05) is 48.5 Å². The molecule has 0 saturated carbocycles. The first-order chi connectivity index (χ1) is 16.5. The quantitative estimate of drug-likeness (QED) is 0.284. The van der Waals surface area contributed by atoms with Crippen LogP contribution in [-0.2, 0) is 4.79 Å². The largest absolute Gasteiger partial charge is 0.492 e. The lowest BCUT2D eigenvalue weighted by Gasteiger charge is -2.15. The molecule has 0 heterocycles. The van der Waals surface area contributed by atoms with Gasteiger partial charge in [-0.05, 0) is 67.1 Å². The summed E-state index contributed by atoms with van der Waals surface area (Å²) in [5.41, 5.74) is 1.92. The minimum absolute atomic E-state index is 0.122. The van der Waals surface area contributed by atoms with E-state index in [1.807, 2.05) is 105 Å². The highest BCUT2D eigenvalue weighted by Gasteiger charge is 2.17. The molecule has 0 aromatic heterocycles. The van der Waals surface area contributed by atoms with Gasteiger partial charge in [-0.25, -0.2) is 0 Å². The van der Waals surface area contributed by atoms with E-state index in [4.69, 9.17) is 4.74 Å². The van der Waals surface area contributed by atoms with Crippen molar-refractivity contribution in [1.29, 1.82) is 0 Å². The number of fused-ring (bicyclic) bond motifs is 1. The van der Waals surface area contributed by atoms with Crippen LogP contribution in [0.1, 0.15) is 24.2 Å². The summed E-state index contributed by atoms with van der Waals surface area (Å²) in [6.45, 7) is 4.28. The van der Waals surface area contributed by atoms with E-state index in [9.17, 15) is 9.59 Å². The average Bonchev–Trinajstić information content (AvgIpc) is 2.85. The van der Waals surface area contributed by atoms with E-state index in [0.717, 1.165) is 15.7 Å². The molecule has 2 N–H and O–H groups in total. The fourth-order valence-corrected chi connectivity index (χ4v) is 4.45. The maximum absolute atomic E-state index is 12.8. The van der Waals surface area contributed by atoms with Gasteiger partial charge in [-0.15, -0.1) is 11.8 Å². The van der Waals surface area contributed by atoms with Crippen molar-refractivity contribution < 1.29 is 14.3 Å². The highest BCUT2D eigenvalue weighted by molar-refractivity contribution is 8.00. The number of benzene rings is 4. The number of thioether (sulfide) groups is 1. The second-order valence-corrected chi connectivity index (χ2v) is 9.14. The lowest BCUT2D eigenvalue weighted by molar-refractivity contribution is -0.115. The maximum Gasteiger partial charge on any atom is 0.255 e. The molecule has 34 heavy (non-hydrogen) atoms. The van der Waals surface area contributed by atoms with Gasteiger partial charge in [0, 0.05) is 16.1 Å². The Morgan fingerprint density at radius 3 is 2.44 bits per heavy atom. The summed E-state index contributed by atoms with van der Waals surface area (Å²) in [5, 5.41) is 7.67. The molecule has 1 unspecified atom stereocenters. The van der Waals surface area contributed by atoms with E-state index in [0.29, 0.717) is 29.3 Å². The second-order valence-electron chi connectivity index (χ2n) is 7.72. The number of amides is 2.